The van der Waals surface area contributed by atoms with Crippen molar-refractivity contribution in [2.45, 2.75) is 18.8 Å². The lowest BCUT2D eigenvalue weighted by molar-refractivity contribution is -0.140. The van der Waals surface area contributed by atoms with E-state index >= 15 is 0 Å². The van der Waals surface area contributed by atoms with Crippen LogP contribution in [0.4, 0.5) is 8.78 Å². The number of rotatable bonds is 8. The van der Waals surface area contributed by atoms with Crippen molar-refractivity contribution in [2.75, 3.05) is 26.0 Å². The fraction of sp³-hybridized carbons (Fsp3) is 0.875. The van der Waals surface area contributed by atoms with Gasteiger partial charge in [-0.25, -0.2) is 21.9 Å². The van der Waals surface area contributed by atoms with Gasteiger partial charge in [0.2, 0.25) is 10.0 Å². The smallest absolute Gasteiger partial charge is 0.305 e. The van der Waals surface area contributed by atoms with Crippen molar-refractivity contribution in [3.8, 4) is 0 Å². The minimum Gasteiger partial charge on any atom is -0.469 e. The number of halogens is 2. The lowest BCUT2D eigenvalue weighted by atomic mass is 10.3. The predicted molar refractivity (Wildman–Crippen MR) is 57.0 cm³/mol. The number of carbonyl (C=O) groups excluding carboxylic acids is 1. The zero-order valence-corrected chi connectivity index (χ0v) is 10.2. The van der Waals surface area contributed by atoms with Crippen molar-refractivity contribution in [3.63, 3.8) is 0 Å². The number of hydrogen-bond donors (Lipinski definition) is 2. The molecule has 0 aliphatic rings. The van der Waals surface area contributed by atoms with Gasteiger partial charge in [-0.15, -0.1) is 0 Å². The molecule has 0 unspecified atom stereocenters. The van der Waals surface area contributed by atoms with E-state index in [0.717, 1.165) is 0 Å². The van der Waals surface area contributed by atoms with Gasteiger partial charge >= 0.3 is 5.97 Å². The number of alkyl halides is 2. The molecule has 3 N–H and O–H groups in total. The van der Waals surface area contributed by atoms with Crippen LogP contribution in [0.2, 0.25) is 0 Å². The lowest BCUT2D eigenvalue weighted by Gasteiger charge is -2.14. The third kappa shape index (κ3) is 8.00. The molecule has 0 aromatic rings. The zero-order chi connectivity index (χ0) is 13.5. The average molecular weight is 274 g/mol. The number of ether oxygens (including phenoxy) is 1. The van der Waals surface area contributed by atoms with E-state index in [1.165, 1.54) is 7.11 Å². The first-order valence-electron chi connectivity index (χ1n) is 4.84. The van der Waals surface area contributed by atoms with E-state index in [0.29, 0.717) is 0 Å². The van der Waals surface area contributed by atoms with Gasteiger partial charge in [-0.3, -0.25) is 4.79 Å². The third-order valence-corrected chi connectivity index (χ3v) is 3.28. The van der Waals surface area contributed by atoms with Gasteiger partial charge in [0.05, 0.1) is 26.0 Å². The summed E-state index contributed by atoms with van der Waals surface area (Å²) in [6.07, 6.45) is -0.0686. The molecule has 9 heteroatoms. The molecule has 0 spiro atoms. The van der Waals surface area contributed by atoms with Crippen LogP contribution in [-0.4, -0.2) is 46.3 Å². The molecule has 102 valence electrons. The average Bonchev–Trinajstić information content (AvgIpc) is 2.26. The first-order valence-corrected chi connectivity index (χ1v) is 6.50. The van der Waals surface area contributed by atoms with Gasteiger partial charge < -0.3 is 10.5 Å². The molecular weight excluding hydrogens is 258 g/mol. The quantitative estimate of drug-likeness (QED) is 0.579. The maximum absolute atomic E-state index is 12.7. The Labute approximate surface area is 98.6 Å². The predicted octanol–water partition coefficient (Wildman–Crippen LogP) is -0.547. The highest BCUT2D eigenvalue weighted by molar-refractivity contribution is 7.89. The molecule has 0 saturated heterocycles. The molecule has 0 atom stereocenters. The number of esters is 1. The number of sulfonamides is 1. The number of carbonyl (C=O) groups is 1. The van der Waals surface area contributed by atoms with Crippen LogP contribution in [0.1, 0.15) is 12.8 Å². The monoisotopic (exact) mass is 274 g/mol. The van der Waals surface area contributed by atoms with E-state index < -0.39 is 40.8 Å². The summed E-state index contributed by atoms with van der Waals surface area (Å²) in [5, 5.41) is 0. The largest absolute Gasteiger partial charge is 0.469 e. The van der Waals surface area contributed by atoms with E-state index in [1.807, 2.05) is 0 Å². The molecule has 0 aliphatic carbocycles. The Morgan fingerprint density at radius 3 is 2.53 bits per heavy atom. The molecule has 0 rings (SSSR count). The van der Waals surface area contributed by atoms with E-state index in [9.17, 15) is 22.0 Å². The minimum absolute atomic E-state index is 0.0101. The standard InChI is InChI=1S/C8H16F2N2O4S/c1-16-7(13)3-2-4-17(14,15)12-6-8(9,10)5-11/h12H,2-6,11H2,1H3. The van der Waals surface area contributed by atoms with Gasteiger partial charge in [0.15, 0.2) is 0 Å². The summed E-state index contributed by atoms with van der Waals surface area (Å²) in [6.45, 7) is -1.97. The Morgan fingerprint density at radius 2 is 2.06 bits per heavy atom. The summed E-state index contributed by atoms with van der Waals surface area (Å²) in [5.74, 6) is -4.23. The molecule has 0 radical (unpaired) electrons. The van der Waals surface area contributed by atoms with Crippen molar-refractivity contribution in [2.24, 2.45) is 5.73 Å². The first kappa shape index (κ1) is 16.2. The van der Waals surface area contributed by atoms with Crippen molar-refractivity contribution in [3.05, 3.63) is 0 Å². The highest BCUT2D eigenvalue weighted by atomic mass is 32.2. The Balaban J connectivity index is 4.01. The minimum atomic E-state index is -3.82. The molecule has 0 aromatic heterocycles. The second-order valence-electron chi connectivity index (χ2n) is 3.38. The maximum atomic E-state index is 12.7. The van der Waals surface area contributed by atoms with Crippen LogP contribution < -0.4 is 10.5 Å². The summed E-state index contributed by atoms with van der Waals surface area (Å²) in [6, 6.07) is 0. The molecule has 17 heavy (non-hydrogen) atoms. The molecule has 6 nitrogen and oxygen atoms in total. The van der Waals surface area contributed by atoms with Crippen LogP contribution in [0, 0.1) is 0 Å². The van der Waals surface area contributed by atoms with E-state index in [2.05, 4.69) is 4.74 Å². The van der Waals surface area contributed by atoms with Gasteiger partial charge in [-0.2, -0.15) is 0 Å². The van der Waals surface area contributed by atoms with Gasteiger partial charge in [-0.1, -0.05) is 0 Å². The SMILES string of the molecule is COC(=O)CCCS(=O)(=O)NCC(F)(F)CN. The van der Waals surface area contributed by atoms with Crippen LogP contribution in [0.15, 0.2) is 0 Å². The van der Waals surface area contributed by atoms with Gasteiger partial charge in [-0.05, 0) is 6.42 Å². The van der Waals surface area contributed by atoms with Crippen molar-refractivity contribution in [1.29, 1.82) is 0 Å². The summed E-state index contributed by atoms with van der Waals surface area (Å²) >= 11 is 0. The van der Waals surface area contributed by atoms with E-state index in [1.54, 1.807) is 4.72 Å². The lowest BCUT2D eigenvalue weighted by Crippen LogP contribution is -2.42. The maximum Gasteiger partial charge on any atom is 0.305 e. The van der Waals surface area contributed by atoms with Crippen LogP contribution in [0.5, 0.6) is 0 Å². The van der Waals surface area contributed by atoms with E-state index in [4.69, 9.17) is 5.73 Å². The molecule has 0 bridgehead atoms. The van der Waals surface area contributed by atoms with Crippen LogP contribution in [-0.2, 0) is 19.6 Å². The molecule has 0 aliphatic heterocycles. The highest BCUT2D eigenvalue weighted by Crippen LogP contribution is 2.09. The number of nitrogens with one attached hydrogen (secondary N) is 1. The Kier molecular flexibility index (Phi) is 6.50. The molecule has 0 aromatic carbocycles. The Morgan fingerprint density at radius 1 is 1.47 bits per heavy atom. The van der Waals surface area contributed by atoms with Gasteiger partial charge in [0.25, 0.3) is 5.92 Å². The Bertz CT molecular complexity index is 345. The molecule has 0 amide bonds. The van der Waals surface area contributed by atoms with Gasteiger partial charge in [0.1, 0.15) is 0 Å². The molecule has 0 fully saturated rings. The number of nitrogens with two attached hydrogens (primary N) is 1. The van der Waals surface area contributed by atoms with Crippen LogP contribution in [0.3, 0.4) is 0 Å². The van der Waals surface area contributed by atoms with Crippen molar-refractivity contribution >= 4 is 16.0 Å². The number of hydrogen-bond acceptors (Lipinski definition) is 5. The van der Waals surface area contributed by atoms with Crippen molar-refractivity contribution in [1.82, 2.24) is 4.72 Å². The fourth-order valence-electron chi connectivity index (χ4n) is 0.868. The topological polar surface area (TPSA) is 98.5 Å². The highest BCUT2D eigenvalue weighted by Gasteiger charge is 2.28. The first-order chi connectivity index (χ1) is 7.72. The molecule has 0 heterocycles. The van der Waals surface area contributed by atoms with E-state index in [-0.39, 0.29) is 12.8 Å². The fourth-order valence-corrected chi connectivity index (χ4v) is 1.97. The molecule has 0 saturated carbocycles. The summed E-state index contributed by atoms with van der Waals surface area (Å²) < 4.78 is 53.8. The van der Waals surface area contributed by atoms with Crippen LogP contribution >= 0.6 is 0 Å². The summed E-state index contributed by atoms with van der Waals surface area (Å²) in [7, 11) is -2.64. The van der Waals surface area contributed by atoms with Gasteiger partial charge in [0, 0.05) is 6.42 Å². The second-order valence-corrected chi connectivity index (χ2v) is 5.31. The van der Waals surface area contributed by atoms with Crippen LogP contribution in [0.25, 0.3) is 0 Å². The normalized spacial score (nSPS) is 12.5. The Hall–Kier alpha value is -0.800. The number of methoxy groups -OCH3 is 1. The third-order valence-electron chi connectivity index (χ3n) is 1.87. The molecular formula is C8H16F2N2O4S. The van der Waals surface area contributed by atoms with Crippen molar-refractivity contribution < 1.29 is 26.7 Å². The summed E-state index contributed by atoms with van der Waals surface area (Å²) in [4.78, 5) is 10.7. The summed E-state index contributed by atoms with van der Waals surface area (Å²) in [5.41, 5.74) is 4.75. The zero-order valence-electron chi connectivity index (χ0n) is 9.41. The second kappa shape index (κ2) is 6.82.